The van der Waals surface area contributed by atoms with Crippen molar-refractivity contribution in [3.63, 3.8) is 0 Å². The summed E-state index contributed by atoms with van der Waals surface area (Å²) in [6.45, 7) is 7.92. The van der Waals surface area contributed by atoms with Crippen LogP contribution in [0.2, 0.25) is 0 Å². The lowest BCUT2D eigenvalue weighted by molar-refractivity contribution is 1.19. The van der Waals surface area contributed by atoms with Crippen LogP contribution >= 0.6 is 95.9 Å². The molecule has 0 nitrogen and oxygen atoms in total. The molecule has 0 heterocycles. The van der Waals surface area contributed by atoms with Crippen LogP contribution in [-0.4, -0.2) is 16.8 Å². The monoisotopic (exact) mass is 494 g/mol. The lowest BCUT2D eigenvalue weighted by atomic mass is 10.0. The summed E-state index contributed by atoms with van der Waals surface area (Å²) in [5, 5.41) is 0. The van der Waals surface area contributed by atoms with Crippen molar-refractivity contribution < 1.29 is 0 Å². The van der Waals surface area contributed by atoms with E-state index in [1.54, 1.807) is 47.0 Å². The molecule has 1 aromatic carbocycles. The van der Waals surface area contributed by atoms with Crippen molar-refractivity contribution in [1.29, 1.82) is 0 Å². The Morgan fingerprint density at radius 2 is 0.731 bits per heavy atom. The molecule has 8 heteroatoms. The fourth-order valence-electron chi connectivity index (χ4n) is 2.05. The molecular weight excluding hydrogens is 473 g/mol. The molecule has 0 amide bonds. The summed E-state index contributed by atoms with van der Waals surface area (Å²) in [4.78, 5) is 0. The van der Waals surface area contributed by atoms with E-state index in [0.717, 1.165) is 39.8 Å². The molecule has 1 aromatic rings. The lowest BCUT2D eigenvalue weighted by Crippen LogP contribution is -2.01. The van der Waals surface area contributed by atoms with Crippen LogP contribution in [0.15, 0.2) is 12.1 Å². The van der Waals surface area contributed by atoms with Gasteiger partial charge in [-0.15, -0.1) is 47.0 Å². The molecule has 0 bridgehead atoms. The van der Waals surface area contributed by atoms with E-state index in [2.05, 4.69) is 12.1 Å². The van der Waals surface area contributed by atoms with Crippen molar-refractivity contribution in [3.05, 3.63) is 34.4 Å². The van der Waals surface area contributed by atoms with Crippen LogP contribution in [-0.2, 0) is 23.0 Å². The van der Waals surface area contributed by atoms with Gasteiger partial charge in [-0.2, -0.15) is 0 Å². The molecular formula is C18H22S8. The second-order valence-corrected chi connectivity index (χ2v) is 13.8. The van der Waals surface area contributed by atoms with Gasteiger partial charge in [-0.05, 0) is 49.9 Å². The molecule has 0 radical (unpaired) electrons. The van der Waals surface area contributed by atoms with Gasteiger partial charge in [0.2, 0.25) is 0 Å². The Labute approximate surface area is 196 Å². The Kier molecular flexibility index (Phi) is 12.7. The average Bonchev–Trinajstić information content (AvgIpc) is 2.54. The zero-order chi connectivity index (χ0) is 19.7. The van der Waals surface area contributed by atoms with Crippen LogP contribution in [0, 0.1) is 0 Å². The molecule has 0 aliphatic rings. The minimum Gasteiger partial charge on any atom is -0.114 e. The molecule has 0 atom stereocenters. The van der Waals surface area contributed by atoms with Gasteiger partial charge in [0.05, 0.1) is 0 Å². The average molecular weight is 495 g/mol. The summed E-state index contributed by atoms with van der Waals surface area (Å²) in [7, 11) is 0. The highest BCUT2D eigenvalue weighted by Crippen LogP contribution is 2.30. The molecule has 26 heavy (non-hydrogen) atoms. The summed E-state index contributed by atoms with van der Waals surface area (Å²) in [6.07, 6.45) is 0. The zero-order valence-corrected chi connectivity index (χ0v) is 21.8. The number of hydrogen-bond donors (Lipinski definition) is 0. The van der Waals surface area contributed by atoms with Crippen molar-refractivity contribution in [2.45, 2.75) is 50.7 Å². The fraction of sp³-hybridized carbons (Fsp3) is 0.444. The van der Waals surface area contributed by atoms with E-state index in [9.17, 15) is 0 Å². The van der Waals surface area contributed by atoms with Gasteiger partial charge < -0.3 is 0 Å². The number of benzene rings is 1. The van der Waals surface area contributed by atoms with Crippen molar-refractivity contribution >= 4 is 113 Å². The maximum absolute atomic E-state index is 5.26. The topological polar surface area (TPSA) is 0 Å². The Hall–Kier alpha value is 0.980. The summed E-state index contributed by atoms with van der Waals surface area (Å²) >= 11 is 27.9. The SMILES string of the molecule is CC(=S)SCc1cc(CSC(C)=S)c(CSC(C)=S)cc1CSC(C)=S. The summed E-state index contributed by atoms with van der Waals surface area (Å²) in [5.74, 6) is 3.59. The molecule has 0 N–H and O–H groups in total. The lowest BCUT2D eigenvalue weighted by Gasteiger charge is -2.16. The first-order valence-electron chi connectivity index (χ1n) is 7.86. The maximum Gasteiger partial charge on any atom is 0.0450 e. The second-order valence-electron chi connectivity index (χ2n) is 5.51. The minimum absolute atomic E-state index is 0.898. The van der Waals surface area contributed by atoms with Gasteiger partial charge in [-0.25, -0.2) is 0 Å². The van der Waals surface area contributed by atoms with Crippen LogP contribution in [0.4, 0.5) is 0 Å². The molecule has 1 rings (SSSR count). The summed E-state index contributed by atoms with van der Waals surface area (Å²) in [6, 6.07) is 4.67. The van der Waals surface area contributed by atoms with Gasteiger partial charge in [0.25, 0.3) is 0 Å². The van der Waals surface area contributed by atoms with E-state index < -0.39 is 0 Å². The van der Waals surface area contributed by atoms with Gasteiger partial charge in [0.1, 0.15) is 0 Å². The van der Waals surface area contributed by atoms with Gasteiger partial charge in [-0.1, -0.05) is 61.0 Å². The van der Waals surface area contributed by atoms with Crippen molar-refractivity contribution in [2.75, 3.05) is 0 Å². The molecule has 0 aliphatic heterocycles. The molecule has 0 saturated heterocycles. The predicted octanol–water partition coefficient (Wildman–Crippen LogP) is 8.01. The molecule has 0 aromatic heterocycles. The highest BCUT2D eigenvalue weighted by atomic mass is 32.2. The van der Waals surface area contributed by atoms with Crippen molar-refractivity contribution in [1.82, 2.24) is 0 Å². The highest BCUT2D eigenvalue weighted by molar-refractivity contribution is 8.23. The van der Waals surface area contributed by atoms with E-state index in [4.69, 9.17) is 48.9 Å². The number of hydrogen-bond acceptors (Lipinski definition) is 8. The zero-order valence-electron chi connectivity index (χ0n) is 15.2. The van der Waals surface area contributed by atoms with E-state index in [0.29, 0.717) is 0 Å². The van der Waals surface area contributed by atoms with Crippen LogP contribution < -0.4 is 0 Å². The molecule has 0 aliphatic carbocycles. The third kappa shape index (κ3) is 10.5. The van der Waals surface area contributed by atoms with Gasteiger partial charge in [0.15, 0.2) is 0 Å². The number of thioether (sulfide) groups is 4. The molecule has 0 fully saturated rings. The summed E-state index contributed by atoms with van der Waals surface area (Å²) in [5.41, 5.74) is 5.36. The van der Waals surface area contributed by atoms with Crippen LogP contribution in [0.1, 0.15) is 49.9 Å². The Balaban J connectivity index is 3.22. The molecule has 142 valence electrons. The standard InChI is InChI=1S/C18H22S8/c1-11(19)23-7-15-5-17(9-25-13(3)21)18(10-26-14(4)22)6-16(15)8-24-12(2)20/h5-6H,7-10H2,1-4H3. The third-order valence-corrected chi connectivity index (χ3v) is 8.11. The minimum atomic E-state index is 0.898. The number of thiocarbonyl (C=S) groups is 4. The van der Waals surface area contributed by atoms with Crippen molar-refractivity contribution in [3.8, 4) is 0 Å². The highest BCUT2D eigenvalue weighted by Gasteiger charge is 2.12. The first-order chi connectivity index (χ1) is 12.2. The second kappa shape index (κ2) is 13.2. The third-order valence-electron chi connectivity index (χ3n) is 3.25. The smallest absolute Gasteiger partial charge is 0.0450 e. The van der Waals surface area contributed by atoms with Crippen LogP contribution in [0.3, 0.4) is 0 Å². The van der Waals surface area contributed by atoms with E-state index in [-0.39, 0.29) is 0 Å². The molecule has 0 unspecified atom stereocenters. The maximum atomic E-state index is 5.26. The predicted molar refractivity (Wildman–Crippen MR) is 145 cm³/mol. The fourth-order valence-corrected chi connectivity index (χ4v) is 5.26. The van der Waals surface area contributed by atoms with Gasteiger partial charge >= 0.3 is 0 Å². The van der Waals surface area contributed by atoms with E-state index in [1.165, 1.54) is 22.3 Å². The Morgan fingerprint density at radius 1 is 0.538 bits per heavy atom. The van der Waals surface area contributed by atoms with Crippen LogP contribution in [0.5, 0.6) is 0 Å². The first kappa shape index (κ1) is 25.0. The van der Waals surface area contributed by atoms with Gasteiger partial charge in [0, 0.05) is 39.8 Å². The first-order valence-corrected chi connectivity index (χ1v) is 13.4. The Morgan fingerprint density at radius 3 is 0.885 bits per heavy atom. The number of rotatable bonds is 8. The summed E-state index contributed by atoms with van der Waals surface area (Å²) < 4.78 is 3.87. The van der Waals surface area contributed by atoms with Crippen LogP contribution in [0.25, 0.3) is 0 Å². The largest absolute Gasteiger partial charge is 0.114 e. The van der Waals surface area contributed by atoms with Gasteiger partial charge in [-0.3, -0.25) is 0 Å². The van der Waals surface area contributed by atoms with E-state index >= 15 is 0 Å². The van der Waals surface area contributed by atoms with Crippen molar-refractivity contribution in [2.24, 2.45) is 0 Å². The molecule has 0 saturated carbocycles. The Bertz CT molecular complexity index is 578. The quantitative estimate of drug-likeness (QED) is 0.329. The normalized spacial score (nSPS) is 10.6. The van der Waals surface area contributed by atoms with E-state index in [1.807, 2.05) is 27.7 Å². The molecule has 0 spiro atoms.